The van der Waals surface area contributed by atoms with E-state index >= 15 is 0 Å². The Kier molecular flexibility index (Phi) is 4.24. The van der Waals surface area contributed by atoms with Crippen LogP contribution in [0.2, 0.25) is 5.02 Å². The quantitative estimate of drug-likeness (QED) is 0.833. The van der Waals surface area contributed by atoms with Crippen molar-refractivity contribution in [1.82, 2.24) is 0 Å². The molecule has 2 aromatic rings. The van der Waals surface area contributed by atoms with Gasteiger partial charge in [0.15, 0.2) is 0 Å². The lowest BCUT2D eigenvalue weighted by Crippen LogP contribution is -2.12. The van der Waals surface area contributed by atoms with Crippen LogP contribution in [0.15, 0.2) is 48.5 Å². The van der Waals surface area contributed by atoms with Gasteiger partial charge in [-0.05, 0) is 29.8 Å². The molecule has 18 heavy (non-hydrogen) atoms. The minimum atomic E-state index is -0.229. The van der Waals surface area contributed by atoms with Crippen molar-refractivity contribution in [1.29, 1.82) is 0 Å². The zero-order chi connectivity index (χ0) is 13.0. The van der Waals surface area contributed by atoms with E-state index in [0.717, 1.165) is 5.56 Å². The van der Waals surface area contributed by atoms with E-state index in [2.05, 4.69) is 5.32 Å². The summed E-state index contributed by atoms with van der Waals surface area (Å²) in [4.78, 5) is 12.0. The molecule has 0 saturated carbocycles. The molecule has 0 radical (unpaired) electrons. The summed E-state index contributed by atoms with van der Waals surface area (Å²) in [6.07, 6.45) is 0. The van der Waals surface area contributed by atoms with E-state index in [1.54, 1.807) is 24.3 Å². The monoisotopic (exact) mass is 279 g/mol. The van der Waals surface area contributed by atoms with Gasteiger partial charge in [-0.3, -0.25) is 4.79 Å². The smallest absolute Gasteiger partial charge is 0.257 e. The van der Waals surface area contributed by atoms with Crippen LogP contribution in [0.4, 0.5) is 5.69 Å². The second-order valence-electron chi connectivity index (χ2n) is 3.77. The summed E-state index contributed by atoms with van der Waals surface area (Å²) in [6, 6.07) is 14.3. The third-order valence-corrected chi connectivity index (χ3v) is 3.10. The summed E-state index contributed by atoms with van der Waals surface area (Å²) in [5, 5.41) is 3.23. The average molecular weight is 280 g/mol. The topological polar surface area (TPSA) is 29.1 Å². The minimum absolute atomic E-state index is 0.229. The number of amides is 1. The number of benzene rings is 2. The lowest BCUT2D eigenvalue weighted by molar-refractivity contribution is 0.102. The molecule has 0 aromatic heterocycles. The van der Waals surface area contributed by atoms with Crippen LogP contribution < -0.4 is 5.32 Å². The highest BCUT2D eigenvalue weighted by molar-refractivity contribution is 6.34. The Morgan fingerprint density at radius 1 is 1.11 bits per heavy atom. The first-order valence-electron chi connectivity index (χ1n) is 5.41. The zero-order valence-corrected chi connectivity index (χ0v) is 11.0. The predicted octanol–water partition coefficient (Wildman–Crippen LogP) is 4.33. The van der Waals surface area contributed by atoms with Gasteiger partial charge in [0.05, 0.1) is 10.6 Å². The van der Waals surface area contributed by atoms with Gasteiger partial charge in [-0.15, -0.1) is 11.6 Å². The molecule has 0 bridgehead atoms. The third kappa shape index (κ3) is 3.03. The van der Waals surface area contributed by atoms with Crippen LogP contribution >= 0.6 is 23.2 Å². The summed E-state index contributed by atoms with van der Waals surface area (Å²) in [6.45, 7) is 0. The average Bonchev–Trinajstić information content (AvgIpc) is 2.39. The molecule has 1 amide bonds. The van der Waals surface area contributed by atoms with Gasteiger partial charge >= 0.3 is 0 Å². The SMILES string of the molecule is O=C(Nc1cccc(CCl)c1)c1ccccc1Cl. The summed E-state index contributed by atoms with van der Waals surface area (Å²) < 4.78 is 0. The number of nitrogens with one attached hydrogen (secondary N) is 1. The molecule has 2 rings (SSSR count). The molecule has 0 atom stereocenters. The molecule has 0 aliphatic heterocycles. The molecule has 0 aliphatic carbocycles. The highest BCUT2D eigenvalue weighted by Gasteiger charge is 2.09. The van der Waals surface area contributed by atoms with Crippen molar-refractivity contribution in [3.8, 4) is 0 Å². The van der Waals surface area contributed by atoms with Crippen LogP contribution in [-0.4, -0.2) is 5.91 Å². The second kappa shape index (κ2) is 5.89. The van der Waals surface area contributed by atoms with Gasteiger partial charge in [-0.25, -0.2) is 0 Å². The molecule has 0 heterocycles. The maximum atomic E-state index is 12.0. The fraction of sp³-hybridized carbons (Fsp3) is 0.0714. The molecule has 1 N–H and O–H groups in total. The molecule has 4 heteroatoms. The lowest BCUT2D eigenvalue weighted by atomic mass is 10.2. The van der Waals surface area contributed by atoms with E-state index in [4.69, 9.17) is 23.2 Å². The first kappa shape index (κ1) is 12.9. The van der Waals surface area contributed by atoms with Crippen molar-refractivity contribution >= 4 is 34.8 Å². The number of anilines is 1. The minimum Gasteiger partial charge on any atom is -0.322 e. The van der Waals surface area contributed by atoms with Crippen molar-refractivity contribution in [2.75, 3.05) is 5.32 Å². The maximum Gasteiger partial charge on any atom is 0.257 e. The Morgan fingerprint density at radius 3 is 2.61 bits per heavy atom. The molecule has 2 nitrogen and oxygen atoms in total. The Balaban J connectivity index is 2.19. The molecular weight excluding hydrogens is 269 g/mol. The number of alkyl halides is 1. The van der Waals surface area contributed by atoms with Gasteiger partial charge in [-0.2, -0.15) is 0 Å². The van der Waals surface area contributed by atoms with Crippen LogP contribution in [0.25, 0.3) is 0 Å². The first-order valence-corrected chi connectivity index (χ1v) is 6.33. The van der Waals surface area contributed by atoms with Gasteiger partial charge < -0.3 is 5.32 Å². The molecular formula is C14H11Cl2NO. The predicted molar refractivity (Wildman–Crippen MR) is 75.4 cm³/mol. The molecule has 92 valence electrons. The van der Waals surface area contributed by atoms with Gasteiger partial charge in [0.25, 0.3) is 5.91 Å². The summed E-state index contributed by atoms with van der Waals surface area (Å²) in [7, 11) is 0. The van der Waals surface area contributed by atoms with E-state index < -0.39 is 0 Å². The fourth-order valence-electron chi connectivity index (χ4n) is 1.58. The van der Waals surface area contributed by atoms with Gasteiger partial charge in [-0.1, -0.05) is 35.9 Å². The van der Waals surface area contributed by atoms with Crippen LogP contribution in [0.3, 0.4) is 0 Å². The van der Waals surface area contributed by atoms with Gasteiger partial charge in [0, 0.05) is 11.6 Å². The Bertz CT molecular complexity index is 569. The van der Waals surface area contributed by atoms with Gasteiger partial charge in [0.1, 0.15) is 0 Å². The van der Waals surface area contributed by atoms with Crippen molar-refractivity contribution in [2.24, 2.45) is 0 Å². The number of rotatable bonds is 3. The largest absolute Gasteiger partial charge is 0.322 e. The normalized spacial score (nSPS) is 10.1. The summed E-state index contributed by atoms with van der Waals surface area (Å²) >= 11 is 11.7. The number of hydrogen-bond acceptors (Lipinski definition) is 1. The maximum absolute atomic E-state index is 12.0. The third-order valence-electron chi connectivity index (χ3n) is 2.46. The molecule has 0 unspecified atom stereocenters. The molecule has 0 saturated heterocycles. The van der Waals surface area contributed by atoms with Gasteiger partial charge in [0.2, 0.25) is 0 Å². The van der Waals surface area contributed by atoms with Crippen molar-refractivity contribution in [3.63, 3.8) is 0 Å². The molecule has 0 fully saturated rings. The van der Waals surface area contributed by atoms with Crippen LogP contribution in [0.5, 0.6) is 0 Å². The highest BCUT2D eigenvalue weighted by atomic mass is 35.5. The Hall–Kier alpha value is -1.51. The Morgan fingerprint density at radius 2 is 1.89 bits per heavy atom. The standard InChI is InChI=1S/C14H11Cl2NO/c15-9-10-4-3-5-11(8-10)17-14(18)12-6-1-2-7-13(12)16/h1-8H,9H2,(H,17,18). The van der Waals surface area contributed by atoms with E-state index in [-0.39, 0.29) is 5.91 Å². The molecule has 0 aliphatic rings. The van der Waals surface area contributed by atoms with E-state index in [1.807, 2.05) is 24.3 Å². The van der Waals surface area contributed by atoms with Crippen molar-refractivity contribution < 1.29 is 4.79 Å². The first-order chi connectivity index (χ1) is 8.70. The molecule has 0 spiro atoms. The van der Waals surface area contributed by atoms with E-state index in [0.29, 0.717) is 22.2 Å². The molecule has 2 aromatic carbocycles. The number of hydrogen-bond donors (Lipinski definition) is 1. The lowest BCUT2D eigenvalue weighted by Gasteiger charge is -2.07. The summed E-state index contributed by atoms with van der Waals surface area (Å²) in [5.74, 6) is 0.183. The van der Waals surface area contributed by atoms with Crippen LogP contribution in [0, 0.1) is 0 Å². The number of carbonyl (C=O) groups excluding carboxylic acids is 1. The van der Waals surface area contributed by atoms with Crippen LogP contribution in [-0.2, 0) is 5.88 Å². The van der Waals surface area contributed by atoms with Crippen molar-refractivity contribution in [3.05, 3.63) is 64.7 Å². The zero-order valence-electron chi connectivity index (χ0n) is 9.49. The van der Waals surface area contributed by atoms with E-state index in [1.165, 1.54) is 0 Å². The Labute approximate surface area is 116 Å². The van der Waals surface area contributed by atoms with E-state index in [9.17, 15) is 4.79 Å². The summed E-state index contributed by atoms with van der Waals surface area (Å²) in [5.41, 5.74) is 2.11. The number of carbonyl (C=O) groups is 1. The second-order valence-corrected chi connectivity index (χ2v) is 4.44. The van der Waals surface area contributed by atoms with Crippen molar-refractivity contribution in [2.45, 2.75) is 5.88 Å². The highest BCUT2D eigenvalue weighted by Crippen LogP contribution is 2.18. The van der Waals surface area contributed by atoms with Crippen LogP contribution in [0.1, 0.15) is 15.9 Å². The fourth-order valence-corrected chi connectivity index (χ4v) is 1.96. The number of halogens is 2.